The molecule has 1 saturated heterocycles. The average Bonchev–Trinajstić information content (AvgIpc) is 2.78. The van der Waals surface area contributed by atoms with E-state index in [1.807, 2.05) is 18.2 Å². The third-order valence-electron chi connectivity index (χ3n) is 3.53. The van der Waals surface area contributed by atoms with E-state index in [-0.39, 0.29) is 6.04 Å². The normalized spacial score (nSPS) is 22.2. The van der Waals surface area contributed by atoms with Crippen molar-refractivity contribution in [1.82, 2.24) is 4.98 Å². The van der Waals surface area contributed by atoms with Crippen LogP contribution in [0.2, 0.25) is 0 Å². The number of hydrogen-bond donors (Lipinski definition) is 2. The Labute approximate surface area is 104 Å². The second-order valence-corrected chi connectivity index (χ2v) is 4.77. The molecule has 0 amide bonds. The standard InChI is InChI=1S/C13H16N2O3/c14-12(9-2-1-5-17-7-9)8-3-4-10-11(6-8)18-13(16)15-10/h3-4,6,9,12H,1-2,5,7,14H2,(H,15,16). The predicted molar refractivity (Wildman–Crippen MR) is 67.3 cm³/mol. The van der Waals surface area contributed by atoms with E-state index in [0.717, 1.165) is 25.0 Å². The van der Waals surface area contributed by atoms with Crippen LogP contribution < -0.4 is 11.5 Å². The van der Waals surface area contributed by atoms with Crippen molar-refractivity contribution in [3.05, 3.63) is 34.3 Å². The highest BCUT2D eigenvalue weighted by Gasteiger charge is 2.22. The molecule has 2 atom stereocenters. The number of fused-ring (bicyclic) bond motifs is 1. The van der Waals surface area contributed by atoms with Gasteiger partial charge in [-0.15, -0.1) is 0 Å². The smallest absolute Gasteiger partial charge is 0.408 e. The van der Waals surface area contributed by atoms with Crippen LogP contribution >= 0.6 is 0 Å². The maximum Gasteiger partial charge on any atom is 0.417 e. The fourth-order valence-electron chi connectivity index (χ4n) is 2.49. The second-order valence-electron chi connectivity index (χ2n) is 4.77. The maximum atomic E-state index is 11.1. The number of ether oxygens (including phenoxy) is 1. The van der Waals surface area contributed by atoms with E-state index in [2.05, 4.69) is 4.98 Å². The van der Waals surface area contributed by atoms with Crippen molar-refractivity contribution < 1.29 is 9.15 Å². The van der Waals surface area contributed by atoms with Crippen molar-refractivity contribution in [3.63, 3.8) is 0 Å². The molecule has 0 bridgehead atoms. The third kappa shape index (κ3) is 2.07. The summed E-state index contributed by atoms with van der Waals surface area (Å²) in [5.74, 6) is -0.0985. The van der Waals surface area contributed by atoms with Crippen LogP contribution in [0.25, 0.3) is 11.1 Å². The Morgan fingerprint density at radius 2 is 2.33 bits per heavy atom. The molecule has 1 aliphatic heterocycles. The van der Waals surface area contributed by atoms with Crippen LogP contribution in [-0.4, -0.2) is 18.2 Å². The largest absolute Gasteiger partial charge is 0.417 e. The van der Waals surface area contributed by atoms with Gasteiger partial charge in [0.1, 0.15) is 0 Å². The van der Waals surface area contributed by atoms with Crippen molar-refractivity contribution in [2.75, 3.05) is 13.2 Å². The van der Waals surface area contributed by atoms with Crippen LogP contribution in [0.1, 0.15) is 24.4 Å². The van der Waals surface area contributed by atoms with Gasteiger partial charge in [0.15, 0.2) is 5.58 Å². The first-order valence-electron chi connectivity index (χ1n) is 6.20. The van der Waals surface area contributed by atoms with Gasteiger partial charge in [-0.05, 0) is 30.5 Å². The Kier molecular flexibility index (Phi) is 2.93. The molecule has 96 valence electrons. The Morgan fingerprint density at radius 3 is 3.11 bits per heavy atom. The summed E-state index contributed by atoms with van der Waals surface area (Å²) in [7, 11) is 0. The minimum Gasteiger partial charge on any atom is -0.408 e. The minimum absolute atomic E-state index is 0.0742. The third-order valence-corrected chi connectivity index (χ3v) is 3.53. The van der Waals surface area contributed by atoms with Gasteiger partial charge in [0.25, 0.3) is 0 Å². The second kappa shape index (κ2) is 4.59. The lowest BCUT2D eigenvalue weighted by atomic mass is 9.89. The number of nitrogens with one attached hydrogen (secondary N) is 1. The van der Waals surface area contributed by atoms with E-state index in [0.29, 0.717) is 23.6 Å². The zero-order valence-electron chi connectivity index (χ0n) is 10.0. The first-order chi connectivity index (χ1) is 8.74. The fraction of sp³-hybridized carbons (Fsp3) is 0.462. The van der Waals surface area contributed by atoms with Gasteiger partial charge < -0.3 is 14.9 Å². The first kappa shape index (κ1) is 11.5. The molecular formula is C13H16N2O3. The lowest BCUT2D eigenvalue weighted by molar-refractivity contribution is 0.0448. The van der Waals surface area contributed by atoms with Crippen molar-refractivity contribution in [3.8, 4) is 0 Å². The summed E-state index contributed by atoms with van der Waals surface area (Å²) in [5.41, 5.74) is 8.51. The molecule has 2 aromatic rings. The number of benzene rings is 1. The lowest BCUT2D eigenvalue weighted by Gasteiger charge is -2.27. The quantitative estimate of drug-likeness (QED) is 0.844. The van der Waals surface area contributed by atoms with Crippen molar-refractivity contribution in [2.24, 2.45) is 11.7 Å². The Bertz CT molecular complexity index is 596. The van der Waals surface area contributed by atoms with E-state index >= 15 is 0 Å². The van der Waals surface area contributed by atoms with Crippen LogP contribution in [0, 0.1) is 5.92 Å². The van der Waals surface area contributed by atoms with Gasteiger partial charge in [-0.3, -0.25) is 4.98 Å². The Morgan fingerprint density at radius 1 is 1.44 bits per heavy atom. The number of hydrogen-bond acceptors (Lipinski definition) is 4. The van der Waals surface area contributed by atoms with Crippen LogP contribution in [0.15, 0.2) is 27.4 Å². The topological polar surface area (TPSA) is 81.3 Å². The number of oxazole rings is 1. The zero-order valence-corrected chi connectivity index (χ0v) is 10.0. The minimum atomic E-state index is -0.434. The lowest BCUT2D eigenvalue weighted by Crippen LogP contribution is -2.28. The van der Waals surface area contributed by atoms with Gasteiger partial charge in [0.05, 0.1) is 12.1 Å². The molecule has 5 heteroatoms. The molecule has 0 aliphatic carbocycles. The summed E-state index contributed by atoms with van der Waals surface area (Å²) in [5, 5.41) is 0. The monoisotopic (exact) mass is 248 g/mol. The predicted octanol–water partition coefficient (Wildman–Crippen LogP) is 1.55. The fourth-order valence-corrected chi connectivity index (χ4v) is 2.49. The Balaban J connectivity index is 1.90. The van der Waals surface area contributed by atoms with E-state index < -0.39 is 5.76 Å². The molecule has 0 spiro atoms. The number of nitrogens with two attached hydrogens (primary N) is 1. The summed E-state index contributed by atoms with van der Waals surface area (Å²) in [6.07, 6.45) is 2.14. The summed E-state index contributed by atoms with van der Waals surface area (Å²) in [6.45, 7) is 1.53. The summed E-state index contributed by atoms with van der Waals surface area (Å²) < 4.78 is 10.5. The molecule has 1 aromatic carbocycles. The molecule has 2 heterocycles. The van der Waals surface area contributed by atoms with Crippen LogP contribution in [0.4, 0.5) is 0 Å². The molecule has 1 fully saturated rings. The van der Waals surface area contributed by atoms with Crippen LogP contribution in [0.3, 0.4) is 0 Å². The van der Waals surface area contributed by atoms with Gasteiger partial charge in [-0.2, -0.15) is 0 Å². The van der Waals surface area contributed by atoms with Crippen molar-refractivity contribution >= 4 is 11.1 Å². The molecule has 2 unspecified atom stereocenters. The van der Waals surface area contributed by atoms with Crippen molar-refractivity contribution in [2.45, 2.75) is 18.9 Å². The number of aromatic nitrogens is 1. The van der Waals surface area contributed by atoms with E-state index in [4.69, 9.17) is 14.9 Å². The highest BCUT2D eigenvalue weighted by molar-refractivity contribution is 5.72. The molecule has 18 heavy (non-hydrogen) atoms. The number of rotatable bonds is 2. The van der Waals surface area contributed by atoms with Crippen LogP contribution in [0.5, 0.6) is 0 Å². The van der Waals surface area contributed by atoms with E-state index in [1.165, 1.54) is 0 Å². The summed E-state index contributed by atoms with van der Waals surface area (Å²) in [4.78, 5) is 13.7. The average molecular weight is 248 g/mol. The van der Waals surface area contributed by atoms with E-state index in [1.54, 1.807) is 0 Å². The molecule has 3 N–H and O–H groups in total. The molecule has 5 nitrogen and oxygen atoms in total. The molecule has 0 saturated carbocycles. The highest BCUT2D eigenvalue weighted by atomic mass is 16.5. The van der Waals surface area contributed by atoms with Gasteiger partial charge in [0, 0.05) is 18.6 Å². The molecular weight excluding hydrogens is 232 g/mol. The molecule has 1 aromatic heterocycles. The number of H-pyrrole nitrogens is 1. The van der Waals surface area contributed by atoms with Gasteiger partial charge in [0.2, 0.25) is 0 Å². The molecule has 3 rings (SSSR count). The van der Waals surface area contributed by atoms with Gasteiger partial charge in [-0.1, -0.05) is 6.07 Å². The van der Waals surface area contributed by atoms with Crippen molar-refractivity contribution in [1.29, 1.82) is 0 Å². The summed E-state index contributed by atoms with van der Waals surface area (Å²) >= 11 is 0. The van der Waals surface area contributed by atoms with E-state index in [9.17, 15) is 4.79 Å². The Hall–Kier alpha value is -1.59. The summed E-state index contributed by atoms with van der Waals surface area (Å²) in [6, 6.07) is 5.54. The maximum absolute atomic E-state index is 11.1. The number of aromatic amines is 1. The van der Waals surface area contributed by atoms with Gasteiger partial charge in [-0.25, -0.2) is 4.79 Å². The van der Waals surface area contributed by atoms with Crippen LogP contribution in [-0.2, 0) is 4.74 Å². The van der Waals surface area contributed by atoms with Gasteiger partial charge >= 0.3 is 5.76 Å². The highest BCUT2D eigenvalue weighted by Crippen LogP contribution is 2.28. The SMILES string of the molecule is NC(c1ccc2[nH]c(=O)oc2c1)C1CCCOC1. The molecule has 0 radical (unpaired) electrons. The zero-order chi connectivity index (χ0) is 12.5. The first-order valence-corrected chi connectivity index (χ1v) is 6.20. The molecule has 1 aliphatic rings.